The second kappa shape index (κ2) is 4.17. The molecular formula is C13H17N3O2. The minimum Gasteiger partial charge on any atom is -0.397 e. The van der Waals surface area contributed by atoms with Gasteiger partial charge in [-0.25, -0.2) is 0 Å². The Bertz CT molecular complexity index is 477. The van der Waals surface area contributed by atoms with Crippen LogP contribution in [0.2, 0.25) is 0 Å². The maximum atomic E-state index is 11.5. The van der Waals surface area contributed by atoms with Gasteiger partial charge < -0.3 is 21.1 Å². The maximum absolute atomic E-state index is 11.5. The zero-order chi connectivity index (χ0) is 12.7. The SMILES string of the molecule is NC(=O)c1cccc(N)c1N1CC2CCC(C1)O2. The molecular weight excluding hydrogens is 230 g/mol. The fourth-order valence-electron chi connectivity index (χ4n) is 2.91. The van der Waals surface area contributed by atoms with Gasteiger partial charge in [-0.05, 0) is 25.0 Å². The third-order valence-corrected chi connectivity index (χ3v) is 3.69. The van der Waals surface area contributed by atoms with Crippen LogP contribution < -0.4 is 16.4 Å². The Labute approximate surface area is 106 Å². The van der Waals surface area contributed by atoms with Crippen molar-refractivity contribution in [2.45, 2.75) is 25.0 Å². The van der Waals surface area contributed by atoms with Crippen molar-refractivity contribution in [2.75, 3.05) is 23.7 Å². The first-order valence-corrected chi connectivity index (χ1v) is 6.24. The Balaban J connectivity index is 1.98. The van der Waals surface area contributed by atoms with E-state index in [1.807, 2.05) is 0 Å². The molecule has 1 aromatic rings. The van der Waals surface area contributed by atoms with Gasteiger partial charge in [-0.2, -0.15) is 0 Å². The second-order valence-electron chi connectivity index (χ2n) is 4.97. The molecule has 0 aliphatic carbocycles. The van der Waals surface area contributed by atoms with Crippen molar-refractivity contribution in [1.82, 2.24) is 0 Å². The minimum atomic E-state index is -0.434. The number of hydrogen-bond acceptors (Lipinski definition) is 4. The molecule has 5 nitrogen and oxygen atoms in total. The van der Waals surface area contributed by atoms with Crippen LogP contribution in [0.4, 0.5) is 11.4 Å². The highest BCUT2D eigenvalue weighted by Crippen LogP contribution is 2.34. The van der Waals surface area contributed by atoms with Crippen molar-refractivity contribution < 1.29 is 9.53 Å². The van der Waals surface area contributed by atoms with Crippen molar-refractivity contribution in [1.29, 1.82) is 0 Å². The number of carbonyl (C=O) groups is 1. The molecule has 2 bridgehead atoms. The average Bonchev–Trinajstić information content (AvgIpc) is 2.68. The first-order valence-electron chi connectivity index (χ1n) is 6.24. The highest BCUT2D eigenvalue weighted by molar-refractivity contribution is 6.01. The van der Waals surface area contributed by atoms with Gasteiger partial charge in [0.15, 0.2) is 0 Å². The number of primary amides is 1. The lowest BCUT2D eigenvalue weighted by Gasteiger charge is -2.35. The standard InChI is InChI=1S/C13H17N3O2/c14-11-3-1-2-10(13(15)17)12(11)16-6-8-4-5-9(7-16)18-8/h1-3,8-9H,4-7,14H2,(H2,15,17). The molecule has 2 saturated heterocycles. The Hall–Kier alpha value is -1.75. The van der Waals surface area contributed by atoms with Crippen LogP contribution in [0, 0.1) is 0 Å². The number of anilines is 2. The van der Waals surface area contributed by atoms with Crippen LogP contribution >= 0.6 is 0 Å². The van der Waals surface area contributed by atoms with Crippen LogP contribution in [0.15, 0.2) is 18.2 Å². The largest absolute Gasteiger partial charge is 0.397 e. The van der Waals surface area contributed by atoms with E-state index in [1.165, 1.54) is 0 Å². The molecule has 1 amide bonds. The van der Waals surface area contributed by atoms with E-state index in [2.05, 4.69) is 4.90 Å². The summed E-state index contributed by atoms with van der Waals surface area (Å²) in [5.74, 6) is -0.434. The van der Waals surface area contributed by atoms with Gasteiger partial charge in [0, 0.05) is 13.1 Å². The Morgan fingerprint density at radius 1 is 1.28 bits per heavy atom. The van der Waals surface area contributed by atoms with E-state index >= 15 is 0 Å². The van der Waals surface area contributed by atoms with E-state index in [1.54, 1.807) is 18.2 Å². The summed E-state index contributed by atoms with van der Waals surface area (Å²) in [6.45, 7) is 1.57. The van der Waals surface area contributed by atoms with E-state index in [0.717, 1.165) is 31.6 Å². The van der Waals surface area contributed by atoms with Gasteiger partial charge in [0.1, 0.15) is 0 Å². The van der Waals surface area contributed by atoms with Crippen LogP contribution in [0.5, 0.6) is 0 Å². The van der Waals surface area contributed by atoms with E-state index < -0.39 is 5.91 Å². The summed E-state index contributed by atoms with van der Waals surface area (Å²) in [6.07, 6.45) is 2.67. The third-order valence-electron chi connectivity index (χ3n) is 3.69. The van der Waals surface area contributed by atoms with Gasteiger partial charge in [0.25, 0.3) is 5.91 Å². The lowest BCUT2D eigenvalue weighted by Crippen LogP contribution is -2.43. The molecule has 0 radical (unpaired) electrons. The van der Waals surface area contributed by atoms with Gasteiger partial charge in [-0.3, -0.25) is 4.79 Å². The quantitative estimate of drug-likeness (QED) is 0.755. The van der Waals surface area contributed by atoms with Crippen molar-refractivity contribution in [3.63, 3.8) is 0 Å². The number of carbonyl (C=O) groups excluding carboxylic acids is 1. The summed E-state index contributed by atoms with van der Waals surface area (Å²) < 4.78 is 5.79. The number of amides is 1. The molecule has 3 rings (SSSR count). The van der Waals surface area contributed by atoms with Crippen molar-refractivity contribution in [2.24, 2.45) is 5.73 Å². The number of nitrogen functional groups attached to an aromatic ring is 1. The van der Waals surface area contributed by atoms with E-state index in [0.29, 0.717) is 11.3 Å². The van der Waals surface area contributed by atoms with Gasteiger partial charge >= 0.3 is 0 Å². The summed E-state index contributed by atoms with van der Waals surface area (Å²) in [4.78, 5) is 13.6. The number of ether oxygens (including phenoxy) is 1. The smallest absolute Gasteiger partial charge is 0.250 e. The van der Waals surface area contributed by atoms with E-state index in [-0.39, 0.29) is 12.2 Å². The van der Waals surface area contributed by atoms with Crippen LogP contribution in [-0.2, 0) is 4.74 Å². The molecule has 2 aliphatic rings. The Kier molecular flexibility index (Phi) is 2.63. The molecule has 2 atom stereocenters. The monoisotopic (exact) mass is 247 g/mol. The molecule has 4 N–H and O–H groups in total. The molecule has 0 spiro atoms. The molecule has 2 heterocycles. The number of rotatable bonds is 2. The third kappa shape index (κ3) is 1.80. The summed E-state index contributed by atoms with van der Waals surface area (Å²) in [6, 6.07) is 5.29. The zero-order valence-corrected chi connectivity index (χ0v) is 10.1. The van der Waals surface area contributed by atoms with E-state index in [4.69, 9.17) is 16.2 Å². The molecule has 2 unspecified atom stereocenters. The molecule has 18 heavy (non-hydrogen) atoms. The fraction of sp³-hybridized carbons (Fsp3) is 0.462. The first kappa shape index (κ1) is 11.3. The highest BCUT2D eigenvalue weighted by Gasteiger charge is 2.35. The van der Waals surface area contributed by atoms with Gasteiger partial charge in [-0.15, -0.1) is 0 Å². The van der Waals surface area contributed by atoms with Crippen LogP contribution in [0.25, 0.3) is 0 Å². The molecule has 96 valence electrons. The normalized spacial score (nSPS) is 26.3. The molecule has 2 aliphatic heterocycles. The first-order chi connectivity index (χ1) is 8.65. The Morgan fingerprint density at radius 3 is 2.56 bits per heavy atom. The predicted octanol–water partition coefficient (Wildman–Crippen LogP) is 0.735. The summed E-state index contributed by atoms with van der Waals surface area (Å²) >= 11 is 0. The number of nitrogens with two attached hydrogens (primary N) is 2. The lowest BCUT2D eigenvalue weighted by atomic mass is 10.1. The van der Waals surface area contributed by atoms with Crippen molar-refractivity contribution in [3.8, 4) is 0 Å². The fourth-order valence-corrected chi connectivity index (χ4v) is 2.91. The van der Waals surface area contributed by atoms with Crippen LogP contribution in [0.1, 0.15) is 23.2 Å². The van der Waals surface area contributed by atoms with Gasteiger partial charge in [0.2, 0.25) is 0 Å². The molecule has 5 heteroatoms. The number of nitrogens with zero attached hydrogens (tertiary/aromatic N) is 1. The molecule has 1 aromatic carbocycles. The maximum Gasteiger partial charge on any atom is 0.250 e. The van der Waals surface area contributed by atoms with Gasteiger partial charge in [-0.1, -0.05) is 6.07 Å². The lowest BCUT2D eigenvalue weighted by molar-refractivity contribution is 0.0304. The topological polar surface area (TPSA) is 81.6 Å². The zero-order valence-electron chi connectivity index (χ0n) is 10.1. The number of hydrogen-bond donors (Lipinski definition) is 2. The van der Waals surface area contributed by atoms with Crippen LogP contribution in [0.3, 0.4) is 0 Å². The highest BCUT2D eigenvalue weighted by atomic mass is 16.5. The summed E-state index contributed by atoms with van der Waals surface area (Å²) in [5.41, 5.74) is 13.3. The predicted molar refractivity (Wildman–Crippen MR) is 69.5 cm³/mol. The van der Waals surface area contributed by atoms with Gasteiger partial charge in [0.05, 0.1) is 29.1 Å². The summed E-state index contributed by atoms with van der Waals surface area (Å²) in [7, 11) is 0. The Morgan fingerprint density at radius 2 is 1.94 bits per heavy atom. The number of benzene rings is 1. The number of para-hydroxylation sites is 1. The molecule has 0 saturated carbocycles. The second-order valence-corrected chi connectivity index (χ2v) is 4.97. The van der Waals surface area contributed by atoms with Crippen LogP contribution in [-0.4, -0.2) is 31.2 Å². The average molecular weight is 247 g/mol. The van der Waals surface area contributed by atoms with Crippen molar-refractivity contribution in [3.05, 3.63) is 23.8 Å². The molecule has 0 aromatic heterocycles. The summed E-state index contributed by atoms with van der Waals surface area (Å²) in [5, 5.41) is 0. The number of morpholine rings is 1. The minimum absolute atomic E-state index is 0.254. The number of fused-ring (bicyclic) bond motifs is 2. The molecule has 2 fully saturated rings. The van der Waals surface area contributed by atoms with Crippen molar-refractivity contribution >= 4 is 17.3 Å². The van der Waals surface area contributed by atoms with E-state index in [9.17, 15) is 4.79 Å².